The van der Waals surface area contributed by atoms with Gasteiger partial charge < -0.3 is 15.2 Å². The van der Waals surface area contributed by atoms with Crippen LogP contribution in [0.15, 0.2) is 66.9 Å². The maximum Gasteiger partial charge on any atom is 0.165 e. The van der Waals surface area contributed by atoms with Gasteiger partial charge in [-0.1, -0.05) is 60.2 Å². The van der Waals surface area contributed by atoms with Crippen molar-refractivity contribution in [2.75, 3.05) is 31.7 Å². The Hall–Kier alpha value is -3.22. The highest BCUT2D eigenvalue weighted by molar-refractivity contribution is 5.80. The quantitative estimate of drug-likeness (QED) is 0.449. The van der Waals surface area contributed by atoms with Crippen molar-refractivity contribution in [3.8, 4) is 22.4 Å². The second-order valence-corrected chi connectivity index (χ2v) is 6.82. The van der Waals surface area contributed by atoms with Gasteiger partial charge >= 0.3 is 0 Å². The summed E-state index contributed by atoms with van der Waals surface area (Å²) in [5, 5.41) is 16.8. The maximum absolute atomic E-state index is 8.85. The number of nitrogens with zero attached hydrogens (tertiary/aromatic N) is 3. The first-order valence-electron chi connectivity index (χ1n) is 9.70. The van der Waals surface area contributed by atoms with Crippen LogP contribution in [-0.2, 0) is 4.74 Å². The second-order valence-electron chi connectivity index (χ2n) is 6.82. The van der Waals surface area contributed by atoms with Crippen molar-refractivity contribution < 1.29 is 9.84 Å². The Morgan fingerprint density at radius 2 is 1.83 bits per heavy atom. The van der Waals surface area contributed by atoms with Crippen molar-refractivity contribution >= 4 is 11.5 Å². The Morgan fingerprint density at radius 3 is 2.62 bits per heavy atom. The molecule has 0 spiro atoms. The van der Waals surface area contributed by atoms with Gasteiger partial charge in [0.25, 0.3) is 0 Å². The van der Waals surface area contributed by atoms with E-state index in [2.05, 4.69) is 47.7 Å². The van der Waals surface area contributed by atoms with Crippen molar-refractivity contribution in [1.29, 1.82) is 0 Å². The van der Waals surface area contributed by atoms with Gasteiger partial charge in [0.2, 0.25) is 0 Å². The van der Waals surface area contributed by atoms with Crippen LogP contribution in [-0.4, -0.2) is 46.1 Å². The highest BCUT2D eigenvalue weighted by atomic mass is 16.5. The van der Waals surface area contributed by atoms with Gasteiger partial charge in [0.05, 0.1) is 31.7 Å². The topological polar surface area (TPSA) is 71.7 Å². The summed E-state index contributed by atoms with van der Waals surface area (Å²) < 4.78 is 7.19. The number of rotatable bonds is 8. The number of fused-ring (bicyclic) bond motifs is 1. The second kappa shape index (κ2) is 8.86. The third-order valence-electron chi connectivity index (χ3n) is 4.66. The van der Waals surface area contributed by atoms with E-state index in [1.54, 1.807) is 0 Å². The van der Waals surface area contributed by atoms with Crippen LogP contribution in [0.3, 0.4) is 0 Å². The number of hydrogen-bond acceptors (Lipinski definition) is 5. The molecule has 0 fully saturated rings. The number of aromatic nitrogens is 3. The molecule has 148 valence electrons. The summed E-state index contributed by atoms with van der Waals surface area (Å²) in [6, 6.07) is 20.5. The molecule has 2 aromatic carbocycles. The predicted molar refractivity (Wildman–Crippen MR) is 115 cm³/mol. The van der Waals surface area contributed by atoms with Crippen LogP contribution in [0.25, 0.3) is 28.0 Å². The van der Waals surface area contributed by atoms with Crippen LogP contribution in [0.4, 0.5) is 5.82 Å². The Bertz CT molecular complexity index is 1090. The molecule has 0 aliphatic carbocycles. The molecular formula is C23H24N4O2. The smallest absolute Gasteiger partial charge is 0.165 e. The lowest BCUT2D eigenvalue weighted by Gasteiger charge is -2.11. The molecule has 29 heavy (non-hydrogen) atoms. The van der Waals surface area contributed by atoms with Gasteiger partial charge in [-0.3, -0.25) is 0 Å². The average molecular weight is 388 g/mol. The van der Waals surface area contributed by atoms with E-state index >= 15 is 0 Å². The molecular weight excluding hydrogens is 364 g/mol. The van der Waals surface area contributed by atoms with Crippen LogP contribution in [0, 0.1) is 6.92 Å². The molecule has 0 unspecified atom stereocenters. The van der Waals surface area contributed by atoms with Crippen molar-refractivity contribution in [2.24, 2.45) is 0 Å². The molecule has 0 saturated heterocycles. The highest BCUT2D eigenvalue weighted by Crippen LogP contribution is 2.29. The largest absolute Gasteiger partial charge is 0.394 e. The van der Waals surface area contributed by atoms with Crippen LogP contribution in [0.2, 0.25) is 0 Å². The van der Waals surface area contributed by atoms with Gasteiger partial charge in [-0.15, -0.1) is 0 Å². The molecule has 0 radical (unpaired) electrons. The first kappa shape index (κ1) is 19.1. The van der Waals surface area contributed by atoms with E-state index < -0.39 is 0 Å². The number of aliphatic hydroxyl groups excluding tert-OH is 1. The number of benzene rings is 2. The van der Waals surface area contributed by atoms with E-state index in [4.69, 9.17) is 14.8 Å². The number of aryl methyl sites for hydroxylation is 1. The van der Waals surface area contributed by atoms with Crippen LogP contribution in [0.1, 0.15) is 5.56 Å². The number of anilines is 1. The Labute approximate surface area is 169 Å². The van der Waals surface area contributed by atoms with E-state index in [0.717, 1.165) is 33.8 Å². The first-order chi connectivity index (χ1) is 14.3. The number of ether oxygens (including phenoxy) is 1. The summed E-state index contributed by atoms with van der Waals surface area (Å²) in [6.45, 7) is 3.54. The Balaban J connectivity index is 1.76. The molecule has 4 aromatic rings. The summed E-state index contributed by atoms with van der Waals surface area (Å²) in [5.74, 6) is 0.848. The fourth-order valence-electron chi connectivity index (χ4n) is 3.28. The zero-order valence-electron chi connectivity index (χ0n) is 16.4. The van der Waals surface area contributed by atoms with Gasteiger partial charge in [0, 0.05) is 23.7 Å². The lowest BCUT2D eigenvalue weighted by atomic mass is 10.1. The van der Waals surface area contributed by atoms with Crippen LogP contribution >= 0.6 is 0 Å². The standard InChI is InChI=1S/C23H24N4O2/c1-17-6-5-9-19(14-17)20-16-25-27-22(24-10-12-29-13-11-28)15-21(26-23(20)27)18-7-3-2-4-8-18/h2-9,14-16,24,28H,10-13H2,1H3. The van der Waals surface area contributed by atoms with E-state index in [1.165, 1.54) is 5.56 Å². The number of hydrogen-bond donors (Lipinski definition) is 2. The molecule has 4 rings (SSSR count). The van der Waals surface area contributed by atoms with E-state index in [9.17, 15) is 0 Å². The van der Waals surface area contributed by atoms with Crippen molar-refractivity contribution in [3.63, 3.8) is 0 Å². The fourth-order valence-corrected chi connectivity index (χ4v) is 3.28. The zero-order chi connectivity index (χ0) is 20.1. The molecule has 6 nitrogen and oxygen atoms in total. The molecule has 2 heterocycles. The summed E-state index contributed by atoms with van der Waals surface area (Å²) in [4.78, 5) is 4.93. The SMILES string of the molecule is Cc1cccc(-c2cnn3c(NCCOCCO)cc(-c4ccccc4)nc23)c1. The zero-order valence-corrected chi connectivity index (χ0v) is 16.4. The van der Waals surface area contributed by atoms with E-state index in [-0.39, 0.29) is 6.61 Å². The normalized spacial score (nSPS) is 11.1. The third-order valence-corrected chi connectivity index (χ3v) is 4.66. The fraction of sp³-hybridized carbons (Fsp3) is 0.217. The molecule has 2 aromatic heterocycles. The monoisotopic (exact) mass is 388 g/mol. The molecule has 0 amide bonds. The maximum atomic E-state index is 8.85. The van der Waals surface area contributed by atoms with Crippen molar-refractivity contribution in [1.82, 2.24) is 14.6 Å². The van der Waals surface area contributed by atoms with Gasteiger partial charge in [-0.25, -0.2) is 4.98 Å². The molecule has 2 N–H and O–H groups in total. The summed E-state index contributed by atoms with van der Waals surface area (Å²) in [5.41, 5.74) is 6.01. The molecule has 0 aliphatic heterocycles. The number of nitrogens with one attached hydrogen (secondary N) is 1. The Morgan fingerprint density at radius 1 is 1.00 bits per heavy atom. The van der Waals surface area contributed by atoms with Crippen molar-refractivity contribution in [3.05, 3.63) is 72.4 Å². The minimum Gasteiger partial charge on any atom is -0.394 e. The van der Waals surface area contributed by atoms with Gasteiger partial charge in [0.1, 0.15) is 5.82 Å². The summed E-state index contributed by atoms with van der Waals surface area (Å²) in [7, 11) is 0. The lowest BCUT2D eigenvalue weighted by Crippen LogP contribution is -2.14. The van der Waals surface area contributed by atoms with E-state index in [0.29, 0.717) is 19.8 Å². The minimum atomic E-state index is 0.0245. The van der Waals surface area contributed by atoms with Crippen LogP contribution in [0.5, 0.6) is 0 Å². The average Bonchev–Trinajstić information content (AvgIpc) is 3.18. The predicted octanol–water partition coefficient (Wildman–Crippen LogP) is 3.79. The molecule has 0 saturated carbocycles. The number of aliphatic hydroxyl groups is 1. The highest BCUT2D eigenvalue weighted by Gasteiger charge is 2.14. The van der Waals surface area contributed by atoms with Gasteiger partial charge in [0.15, 0.2) is 5.65 Å². The molecule has 0 bridgehead atoms. The molecule has 0 aliphatic rings. The summed E-state index contributed by atoms with van der Waals surface area (Å²) in [6.07, 6.45) is 1.86. The third kappa shape index (κ3) is 4.29. The van der Waals surface area contributed by atoms with Gasteiger partial charge in [-0.05, 0) is 12.5 Å². The van der Waals surface area contributed by atoms with Gasteiger partial charge in [-0.2, -0.15) is 9.61 Å². The Kier molecular flexibility index (Phi) is 5.84. The molecule has 6 heteroatoms. The van der Waals surface area contributed by atoms with Crippen molar-refractivity contribution in [2.45, 2.75) is 6.92 Å². The molecule has 0 atom stereocenters. The summed E-state index contributed by atoms with van der Waals surface area (Å²) >= 11 is 0. The lowest BCUT2D eigenvalue weighted by molar-refractivity contribution is 0.0991. The minimum absolute atomic E-state index is 0.0245. The van der Waals surface area contributed by atoms with Crippen LogP contribution < -0.4 is 5.32 Å². The first-order valence-corrected chi connectivity index (χ1v) is 9.70. The van der Waals surface area contributed by atoms with E-state index in [1.807, 2.05) is 41.0 Å².